The second-order valence-corrected chi connectivity index (χ2v) is 5.18. The Morgan fingerprint density at radius 1 is 1.32 bits per heavy atom. The summed E-state index contributed by atoms with van der Waals surface area (Å²) in [5, 5.41) is 4.18. The number of methoxy groups -OCH3 is 2. The second kappa shape index (κ2) is 7.13. The lowest BCUT2D eigenvalue weighted by Crippen LogP contribution is -2.43. The molecule has 108 valence electrons. The van der Waals surface area contributed by atoms with Gasteiger partial charge >= 0.3 is 0 Å². The molecule has 1 aromatic rings. The van der Waals surface area contributed by atoms with E-state index in [4.69, 9.17) is 21.1 Å². The van der Waals surface area contributed by atoms with Crippen LogP contribution in [0.4, 0.5) is 0 Å². The summed E-state index contributed by atoms with van der Waals surface area (Å²) in [4.78, 5) is 0. The third-order valence-corrected chi connectivity index (χ3v) is 3.93. The standard InChI is InChI=1S/C15H24ClNO2/c1-6-15(3,19-5)14(17-7-2)12-10-11(16)8-9-13(12)18-4/h8-10,14,17H,6-7H2,1-5H3. The highest BCUT2D eigenvalue weighted by Gasteiger charge is 2.35. The van der Waals surface area contributed by atoms with Gasteiger partial charge in [0.2, 0.25) is 0 Å². The van der Waals surface area contributed by atoms with E-state index in [0.717, 1.165) is 24.3 Å². The highest BCUT2D eigenvalue weighted by Crippen LogP contribution is 2.37. The van der Waals surface area contributed by atoms with Gasteiger partial charge in [-0.15, -0.1) is 0 Å². The van der Waals surface area contributed by atoms with Gasteiger partial charge in [0.15, 0.2) is 0 Å². The van der Waals surface area contributed by atoms with Crippen LogP contribution in [0.15, 0.2) is 18.2 Å². The molecule has 1 aromatic carbocycles. The minimum Gasteiger partial charge on any atom is -0.496 e. The Morgan fingerprint density at radius 3 is 2.47 bits per heavy atom. The predicted molar refractivity (Wildman–Crippen MR) is 80.1 cm³/mol. The fourth-order valence-electron chi connectivity index (χ4n) is 2.26. The minimum atomic E-state index is -0.312. The Kier molecular flexibility index (Phi) is 6.11. The van der Waals surface area contributed by atoms with Crippen LogP contribution < -0.4 is 10.1 Å². The largest absolute Gasteiger partial charge is 0.496 e. The van der Waals surface area contributed by atoms with Crippen LogP contribution in [0.25, 0.3) is 0 Å². The van der Waals surface area contributed by atoms with Crippen LogP contribution in [-0.4, -0.2) is 26.4 Å². The molecule has 2 atom stereocenters. The number of ether oxygens (including phenoxy) is 2. The average molecular weight is 286 g/mol. The molecule has 0 bridgehead atoms. The lowest BCUT2D eigenvalue weighted by atomic mass is 9.87. The number of benzene rings is 1. The van der Waals surface area contributed by atoms with Gasteiger partial charge in [-0.1, -0.05) is 25.4 Å². The minimum absolute atomic E-state index is 0.0288. The predicted octanol–water partition coefficient (Wildman–Crippen LogP) is 3.81. The number of rotatable bonds is 7. The molecule has 0 aliphatic carbocycles. The average Bonchev–Trinajstić information content (AvgIpc) is 2.44. The van der Waals surface area contributed by atoms with Gasteiger partial charge in [-0.05, 0) is 38.1 Å². The summed E-state index contributed by atoms with van der Waals surface area (Å²) in [6.07, 6.45) is 0.886. The van der Waals surface area contributed by atoms with Gasteiger partial charge in [0.1, 0.15) is 5.75 Å². The molecule has 3 nitrogen and oxygen atoms in total. The third kappa shape index (κ3) is 3.62. The van der Waals surface area contributed by atoms with Gasteiger partial charge in [-0.3, -0.25) is 0 Å². The van der Waals surface area contributed by atoms with Crippen LogP contribution in [0.5, 0.6) is 5.75 Å². The van der Waals surface area contributed by atoms with Crippen molar-refractivity contribution in [1.82, 2.24) is 5.32 Å². The Hall–Kier alpha value is -0.770. The topological polar surface area (TPSA) is 30.5 Å². The molecule has 1 N–H and O–H groups in total. The first-order valence-electron chi connectivity index (χ1n) is 6.64. The molecule has 0 saturated carbocycles. The van der Waals surface area contributed by atoms with E-state index in [1.165, 1.54) is 0 Å². The van der Waals surface area contributed by atoms with Crippen LogP contribution in [0.2, 0.25) is 5.02 Å². The van der Waals surface area contributed by atoms with Gasteiger partial charge in [0, 0.05) is 17.7 Å². The first-order valence-corrected chi connectivity index (χ1v) is 7.02. The molecule has 19 heavy (non-hydrogen) atoms. The zero-order chi connectivity index (χ0) is 14.5. The summed E-state index contributed by atoms with van der Waals surface area (Å²) in [6, 6.07) is 5.71. The first-order chi connectivity index (χ1) is 9.02. The maximum atomic E-state index is 6.13. The molecular formula is C15H24ClNO2. The summed E-state index contributed by atoms with van der Waals surface area (Å²) in [5.74, 6) is 0.826. The molecule has 1 rings (SSSR count). The normalized spacial score (nSPS) is 15.9. The molecule has 0 aliphatic heterocycles. The number of halogens is 1. The van der Waals surface area contributed by atoms with E-state index in [2.05, 4.69) is 26.1 Å². The van der Waals surface area contributed by atoms with Crippen molar-refractivity contribution < 1.29 is 9.47 Å². The Morgan fingerprint density at radius 2 is 2.00 bits per heavy atom. The molecule has 0 amide bonds. The molecule has 0 aromatic heterocycles. The van der Waals surface area contributed by atoms with E-state index < -0.39 is 0 Å². The summed E-state index contributed by atoms with van der Waals surface area (Å²) in [6.45, 7) is 7.14. The summed E-state index contributed by atoms with van der Waals surface area (Å²) in [7, 11) is 3.41. The van der Waals surface area contributed by atoms with E-state index in [-0.39, 0.29) is 11.6 Å². The van der Waals surface area contributed by atoms with Gasteiger partial charge in [0.25, 0.3) is 0 Å². The molecule has 4 heteroatoms. The molecule has 2 unspecified atom stereocenters. The molecule has 0 aliphatic rings. The summed E-state index contributed by atoms with van der Waals surface area (Å²) >= 11 is 6.13. The number of hydrogen-bond donors (Lipinski definition) is 1. The molecule has 0 spiro atoms. The summed E-state index contributed by atoms with van der Waals surface area (Å²) in [5.41, 5.74) is 0.719. The van der Waals surface area contributed by atoms with E-state index in [9.17, 15) is 0 Å². The van der Waals surface area contributed by atoms with Crippen molar-refractivity contribution in [2.75, 3.05) is 20.8 Å². The van der Waals surface area contributed by atoms with Crippen molar-refractivity contribution in [2.24, 2.45) is 0 Å². The number of hydrogen-bond acceptors (Lipinski definition) is 3. The Balaban J connectivity index is 3.29. The molecule has 0 saturated heterocycles. The highest BCUT2D eigenvalue weighted by molar-refractivity contribution is 6.30. The van der Waals surface area contributed by atoms with Crippen LogP contribution in [-0.2, 0) is 4.74 Å². The highest BCUT2D eigenvalue weighted by atomic mass is 35.5. The fourth-order valence-corrected chi connectivity index (χ4v) is 2.44. The van der Waals surface area contributed by atoms with Crippen molar-refractivity contribution in [3.05, 3.63) is 28.8 Å². The molecule has 0 heterocycles. The van der Waals surface area contributed by atoms with Crippen molar-refractivity contribution in [3.8, 4) is 5.75 Å². The SMILES string of the molecule is CCNC(c1cc(Cl)ccc1OC)C(C)(CC)OC. The quantitative estimate of drug-likeness (QED) is 0.826. The Bertz CT molecular complexity index is 405. The molecule has 0 fully saturated rings. The van der Waals surface area contributed by atoms with Gasteiger partial charge in [-0.25, -0.2) is 0 Å². The smallest absolute Gasteiger partial charge is 0.123 e. The van der Waals surface area contributed by atoms with E-state index in [1.807, 2.05) is 18.2 Å². The van der Waals surface area contributed by atoms with Gasteiger partial charge in [-0.2, -0.15) is 0 Å². The van der Waals surface area contributed by atoms with Crippen LogP contribution in [0.3, 0.4) is 0 Å². The van der Waals surface area contributed by atoms with Crippen LogP contribution in [0.1, 0.15) is 38.8 Å². The molecular weight excluding hydrogens is 262 g/mol. The van der Waals surface area contributed by atoms with E-state index >= 15 is 0 Å². The van der Waals surface area contributed by atoms with Crippen LogP contribution in [0, 0.1) is 0 Å². The zero-order valence-corrected chi connectivity index (χ0v) is 13.2. The third-order valence-electron chi connectivity index (χ3n) is 3.69. The van der Waals surface area contributed by atoms with E-state index in [0.29, 0.717) is 5.02 Å². The van der Waals surface area contributed by atoms with E-state index in [1.54, 1.807) is 14.2 Å². The van der Waals surface area contributed by atoms with Gasteiger partial charge < -0.3 is 14.8 Å². The van der Waals surface area contributed by atoms with Crippen molar-refractivity contribution in [3.63, 3.8) is 0 Å². The zero-order valence-electron chi connectivity index (χ0n) is 12.4. The van der Waals surface area contributed by atoms with Gasteiger partial charge in [0.05, 0.1) is 18.8 Å². The fraction of sp³-hybridized carbons (Fsp3) is 0.600. The monoisotopic (exact) mass is 285 g/mol. The summed E-state index contributed by atoms with van der Waals surface area (Å²) < 4.78 is 11.2. The lowest BCUT2D eigenvalue weighted by molar-refractivity contribution is -0.0301. The number of likely N-dealkylation sites (N-methyl/N-ethyl adjacent to an activating group) is 1. The van der Waals surface area contributed by atoms with Crippen molar-refractivity contribution in [2.45, 2.75) is 38.8 Å². The Labute approximate surface area is 121 Å². The first kappa shape index (κ1) is 16.3. The number of nitrogens with one attached hydrogen (secondary N) is 1. The van der Waals surface area contributed by atoms with Crippen LogP contribution >= 0.6 is 11.6 Å². The van der Waals surface area contributed by atoms with Crippen molar-refractivity contribution >= 4 is 11.6 Å². The molecule has 0 radical (unpaired) electrons. The van der Waals surface area contributed by atoms with Crippen molar-refractivity contribution in [1.29, 1.82) is 0 Å². The maximum Gasteiger partial charge on any atom is 0.123 e. The second-order valence-electron chi connectivity index (χ2n) is 4.75. The lowest BCUT2D eigenvalue weighted by Gasteiger charge is -2.37. The maximum absolute atomic E-state index is 6.13.